The van der Waals surface area contributed by atoms with Gasteiger partial charge in [0.25, 0.3) is 11.8 Å². The number of imidazole rings is 1. The third kappa shape index (κ3) is 5.96. The van der Waals surface area contributed by atoms with Gasteiger partial charge < -0.3 is 19.4 Å². The SMILES string of the molecule is O=C(NCc1ccn2ccnc2c1)c1ccc(C2CCN(C(=O)c3cccc(OC(F)(F)F)c3)CC2)cc1. The van der Waals surface area contributed by atoms with Crippen molar-refractivity contribution in [2.75, 3.05) is 13.1 Å². The lowest BCUT2D eigenvalue weighted by molar-refractivity contribution is -0.274. The van der Waals surface area contributed by atoms with E-state index in [4.69, 9.17) is 0 Å². The summed E-state index contributed by atoms with van der Waals surface area (Å²) in [6.45, 7) is 1.36. The fourth-order valence-corrected chi connectivity index (χ4v) is 4.68. The molecule has 2 amide bonds. The first kappa shape index (κ1) is 25.3. The second-order valence-electron chi connectivity index (χ2n) is 9.17. The van der Waals surface area contributed by atoms with Crippen LogP contribution in [0.2, 0.25) is 0 Å². The van der Waals surface area contributed by atoms with Crippen molar-refractivity contribution in [1.29, 1.82) is 0 Å². The van der Waals surface area contributed by atoms with Crippen molar-refractivity contribution in [3.8, 4) is 5.75 Å². The Hall–Kier alpha value is -4.34. The first-order valence-corrected chi connectivity index (χ1v) is 12.2. The summed E-state index contributed by atoms with van der Waals surface area (Å²) in [7, 11) is 0. The van der Waals surface area contributed by atoms with Gasteiger partial charge in [-0.2, -0.15) is 0 Å². The summed E-state index contributed by atoms with van der Waals surface area (Å²) in [5.41, 5.74) is 3.57. The van der Waals surface area contributed by atoms with Gasteiger partial charge in [0, 0.05) is 49.4 Å². The topological polar surface area (TPSA) is 75.9 Å². The van der Waals surface area contributed by atoms with E-state index in [9.17, 15) is 22.8 Å². The number of hydrogen-bond donors (Lipinski definition) is 1. The van der Waals surface area contributed by atoms with Crippen molar-refractivity contribution in [3.05, 3.63) is 102 Å². The number of alkyl halides is 3. The molecule has 0 radical (unpaired) electrons. The molecule has 2 aromatic carbocycles. The summed E-state index contributed by atoms with van der Waals surface area (Å²) in [6, 6.07) is 16.5. The highest BCUT2D eigenvalue weighted by molar-refractivity contribution is 5.95. The lowest BCUT2D eigenvalue weighted by Gasteiger charge is -2.32. The Morgan fingerprint density at radius 3 is 2.47 bits per heavy atom. The first-order valence-electron chi connectivity index (χ1n) is 12.2. The van der Waals surface area contributed by atoms with Gasteiger partial charge in [0.15, 0.2) is 0 Å². The predicted octanol–water partition coefficient (Wildman–Crippen LogP) is 5.18. The average molecular weight is 523 g/mol. The predicted molar refractivity (Wildman–Crippen MR) is 134 cm³/mol. The van der Waals surface area contributed by atoms with Gasteiger partial charge in [0.1, 0.15) is 11.4 Å². The Morgan fingerprint density at radius 1 is 0.974 bits per heavy atom. The van der Waals surface area contributed by atoms with Crippen molar-refractivity contribution in [1.82, 2.24) is 19.6 Å². The first-order chi connectivity index (χ1) is 18.2. The number of nitrogens with zero attached hydrogens (tertiary/aromatic N) is 3. The summed E-state index contributed by atoms with van der Waals surface area (Å²) in [5.74, 6) is -0.689. The molecule has 0 spiro atoms. The normalized spacial score (nSPS) is 14.4. The molecule has 1 fully saturated rings. The largest absolute Gasteiger partial charge is 0.573 e. The van der Waals surface area contributed by atoms with Crippen LogP contribution < -0.4 is 10.1 Å². The van der Waals surface area contributed by atoms with Crippen molar-refractivity contribution in [2.45, 2.75) is 31.7 Å². The molecule has 7 nitrogen and oxygen atoms in total. The number of nitrogens with one attached hydrogen (secondary N) is 1. The van der Waals surface area contributed by atoms with Crippen LogP contribution in [0.1, 0.15) is 50.6 Å². The maximum absolute atomic E-state index is 12.8. The van der Waals surface area contributed by atoms with E-state index in [1.165, 1.54) is 18.2 Å². The van der Waals surface area contributed by atoms with Crippen molar-refractivity contribution < 1.29 is 27.5 Å². The highest BCUT2D eigenvalue weighted by atomic mass is 19.4. The standard InChI is InChI=1S/C28H25F3N4O3/c29-28(30,31)38-24-3-1-2-23(17-24)27(37)35-13-9-21(10-14-35)20-4-6-22(7-5-20)26(36)33-18-19-8-12-34-15-11-32-25(34)16-19/h1-8,11-12,15-17,21H,9-10,13-14,18H2,(H,33,36). The Bertz CT molecular complexity index is 1440. The van der Waals surface area contributed by atoms with Gasteiger partial charge in [-0.3, -0.25) is 9.59 Å². The number of carbonyl (C=O) groups excluding carboxylic acids is 2. The monoisotopic (exact) mass is 522 g/mol. The summed E-state index contributed by atoms with van der Waals surface area (Å²) in [4.78, 5) is 31.4. The molecule has 1 saturated heterocycles. The van der Waals surface area contributed by atoms with Crippen LogP contribution in [0.3, 0.4) is 0 Å². The second-order valence-corrected chi connectivity index (χ2v) is 9.17. The molecule has 0 aliphatic carbocycles. The molecule has 0 bridgehead atoms. The minimum Gasteiger partial charge on any atom is -0.406 e. The average Bonchev–Trinajstić information content (AvgIpc) is 3.39. The molecule has 4 aromatic rings. The summed E-state index contributed by atoms with van der Waals surface area (Å²) in [5, 5.41) is 2.93. The van der Waals surface area contributed by atoms with Crippen LogP contribution in [0.4, 0.5) is 13.2 Å². The Morgan fingerprint density at radius 2 is 1.74 bits per heavy atom. The van der Waals surface area contributed by atoms with Crippen molar-refractivity contribution in [2.24, 2.45) is 0 Å². The lowest BCUT2D eigenvalue weighted by Crippen LogP contribution is -2.38. The molecule has 2 aromatic heterocycles. The summed E-state index contributed by atoms with van der Waals surface area (Å²) < 4.78 is 43.3. The maximum atomic E-state index is 12.8. The third-order valence-electron chi connectivity index (χ3n) is 6.66. The summed E-state index contributed by atoms with van der Waals surface area (Å²) in [6.07, 6.45) is 2.09. The number of halogens is 3. The molecule has 0 atom stereocenters. The van der Waals surface area contributed by atoms with Gasteiger partial charge in [0.05, 0.1) is 0 Å². The number of ether oxygens (including phenoxy) is 1. The Balaban J connectivity index is 1.14. The van der Waals surface area contributed by atoms with E-state index >= 15 is 0 Å². The van der Waals surface area contributed by atoms with Crippen LogP contribution in [0, 0.1) is 0 Å². The number of likely N-dealkylation sites (tertiary alicyclic amines) is 1. The highest BCUT2D eigenvalue weighted by Gasteiger charge is 2.31. The van der Waals surface area contributed by atoms with E-state index in [1.54, 1.807) is 23.2 Å². The smallest absolute Gasteiger partial charge is 0.406 e. The van der Waals surface area contributed by atoms with Crippen LogP contribution in [-0.2, 0) is 6.54 Å². The van der Waals surface area contributed by atoms with E-state index in [2.05, 4.69) is 15.0 Å². The van der Waals surface area contributed by atoms with E-state index in [0.29, 0.717) is 38.0 Å². The zero-order valence-electron chi connectivity index (χ0n) is 20.3. The summed E-state index contributed by atoms with van der Waals surface area (Å²) >= 11 is 0. The molecular weight excluding hydrogens is 497 g/mol. The number of aromatic nitrogens is 2. The van der Waals surface area contributed by atoms with Crippen molar-refractivity contribution in [3.63, 3.8) is 0 Å². The molecule has 38 heavy (non-hydrogen) atoms. The minimum absolute atomic E-state index is 0.158. The van der Waals surface area contributed by atoms with Gasteiger partial charge >= 0.3 is 6.36 Å². The number of fused-ring (bicyclic) bond motifs is 1. The third-order valence-corrected chi connectivity index (χ3v) is 6.66. The number of amides is 2. The van der Waals surface area contributed by atoms with Gasteiger partial charge in [-0.25, -0.2) is 4.98 Å². The number of rotatable bonds is 6. The molecule has 0 unspecified atom stereocenters. The van der Waals surface area contributed by atoms with Crippen LogP contribution in [0.15, 0.2) is 79.3 Å². The maximum Gasteiger partial charge on any atom is 0.573 e. The molecule has 1 aliphatic heterocycles. The van der Waals surface area contributed by atoms with Gasteiger partial charge in [0.2, 0.25) is 0 Å². The van der Waals surface area contributed by atoms with E-state index < -0.39 is 12.1 Å². The fraction of sp³-hybridized carbons (Fsp3) is 0.250. The fourth-order valence-electron chi connectivity index (χ4n) is 4.68. The number of carbonyl (C=O) groups is 2. The van der Waals surface area contributed by atoms with Gasteiger partial charge in [-0.1, -0.05) is 18.2 Å². The molecule has 1 aliphatic rings. The number of piperidine rings is 1. The van der Waals surface area contributed by atoms with E-state index in [0.717, 1.165) is 22.8 Å². The van der Waals surface area contributed by atoms with Crippen LogP contribution in [-0.4, -0.2) is 45.6 Å². The van der Waals surface area contributed by atoms with Gasteiger partial charge in [-0.15, -0.1) is 13.2 Å². The number of pyridine rings is 1. The zero-order valence-corrected chi connectivity index (χ0v) is 20.3. The molecule has 3 heterocycles. The number of hydrogen-bond acceptors (Lipinski definition) is 4. The van der Waals surface area contributed by atoms with Crippen molar-refractivity contribution >= 4 is 17.5 Å². The van der Waals surface area contributed by atoms with Crippen LogP contribution in [0.25, 0.3) is 5.65 Å². The molecule has 196 valence electrons. The zero-order chi connectivity index (χ0) is 26.7. The van der Waals surface area contributed by atoms with E-state index in [-0.39, 0.29) is 23.3 Å². The minimum atomic E-state index is -4.81. The number of benzene rings is 2. The van der Waals surface area contributed by atoms with Gasteiger partial charge in [-0.05, 0) is 72.4 Å². The molecule has 10 heteroatoms. The Labute approximate surface area is 216 Å². The molecule has 1 N–H and O–H groups in total. The Kier molecular flexibility index (Phi) is 7.04. The quantitative estimate of drug-likeness (QED) is 0.379. The molecular formula is C28H25F3N4O3. The van der Waals surface area contributed by atoms with Crippen LogP contribution >= 0.6 is 0 Å². The highest BCUT2D eigenvalue weighted by Crippen LogP contribution is 2.30. The lowest BCUT2D eigenvalue weighted by atomic mass is 9.88. The molecule has 5 rings (SSSR count). The van der Waals surface area contributed by atoms with Crippen LogP contribution in [0.5, 0.6) is 5.75 Å². The van der Waals surface area contributed by atoms with E-state index in [1.807, 2.05) is 41.1 Å². The molecule has 0 saturated carbocycles. The second kappa shape index (κ2) is 10.6.